The minimum atomic E-state index is -0.630. The zero-order valence-electron chi connectivity index (χ0n) is 15.5. The van der Waals surface area contributed by atoms with Crippen LogP contribution in [0.5, 0.6) is 5.75 Å². The second-order valence-corrected chi connectivity index (χ2v) is 7.24. The molecule has 2 N–H and O–H groups in total. The number of nitrogens with one attached hydrogen (secondary N) is 2. The second-order valence-electron chi connectivity index (χ2n) is 6.84. The number of ether oxygens (including phenoxy) is 2. The number of H-pyrrole nitrogens is 1. The molecule has 0 unspecified atom stereocenters. The average molecular weight is 399 g/mol. The van der Waals surface area contributed by atoms with Gasteiger partial charge in [0.2, 0.25) is 5.91 Å². The Morgan fingerprint density at radius 3 is 2.61 bits per heavy atom. The molecule has 2 aromatic carbocycles. The number of anilines is 1. The Bertz CT molecular complexity index is 1090. The summed E-state index contributed by atoms with van der Waals surface area (Å²) in [6.45, 7) is 0. The molecule has 28 heavy (non-hydrogen) atoms. The summed E-state index contributed by atoms with van der Waals surface area (Å²) in [6, 6.07) is 10.4. The number of esters is 1. The molecule has 0 aliphatic heterocycles. The fraction of sp³-hybridized carbons (Fsp3) is 0.238. The molecule has 6 nitrogen and oxygen atoms in total. The van der Waals surface area contributed by atoms with Gasteiger partial charge in [-0.3, -0.25) is 4.79 Å². The minimum Gasteiger partial charge on any atom is -0.497 e. The monoisotopic (exact) mass is 398 g/mol. The zero-order chi connectivity index (χ0) is 19.9. The number of methoxy groups -OCH3 is 2. The number of rotatable bonds is 5. The molecule has 1 heterocycles. The van der Waals surface area contributed by atoms with Crippen molar-refractivity contribution in [3.05, 3.63) is 58.7 Å². The van der Waals surface area contributed by atoms with Crippen molar-refractivity contribution >= 4 is 40.1 Å². The Balaban J connectivity index is 1.67. The lowest BCUT2D eigenvalue weighted by atomic mass is 9.94. The summed E-state index contributed by atoms with van der Waals surface area (Å²) >= 11 is 6.23. The third-order valence-corrected chi connectivity index (χ3v) is 5.55. The molecule has 1 saturated carbocycles. The molecule has 1 aliphatic carbocycles. The molecule has 144 valence electrons. The van der Waals surface area contributed by atoms with Crippen molar-refractivity contribution in [1.29, 1.82) is 0 Å². The van der Waals surface area contributed by atoms with Crippen LogP contribution in [0.2, 0.25) is 5.02 Å². The normalized spacial score (nSPS) is 14.5. The predicted octanol–water partition coefficient (Wildman–Crippen LogP) is 4.29. The summed E-state index contributed by atoms with van der Waals surface area (Å²) in [7, 11) is 2.92. The van der Waals surface area contributed by atoms with Gasteiger partial charge in [0.25, 0.3) is 0 Å². The molecule has 4 rings (SSSR count). The molecule has 1 amide bonds. The lowest BCUT2D eigenvalue weighted by Gasteiger charge is -2.16. The highest BCUT2D eigenvalue weighted by atomic mass is 35.5. The lowest BCUT2D eigenvalue weighted by molar-refractivity contribution is -0.118. The minimum absolute atomic E-state index is 0.153. The molecule has 3 aromatic rings. The van der Waals surface area contributed by atoms with E-state index < -0.39 is 11.4 Å². The number of hydrogen-bond donors (Lipinski definition) is 2. The largest absolute Gasteiger partial charge is 0.497 e. The number of fused-ring (bicyclic) bond motifs is 1. The fourth-order valence-corrected chi connectivity index (χ4v) is 3.64. The molecule has 0 spiro atoms. The maximum absolute atomic E-state index is 13.2. The van der Waals surface area contributed by atoms with E-state index in [-0.39, 0.29) is 5.91 Å². The molecular formula is C21H19ClN2O4. The summed E-state index contributed by atoms with van der Waals surface area (Å²) < 4.78 is 10.1. The maximum Gasteiger partial charge on any atom is 0.337 e. The maximum atomic E-state index is 13.2. The van der Waals surface area contributed by atoms with E-state index in [2.05, 4.69) is 10.3 Å². The van der Waals surface area contributed by atoms with Crippen LogP contribution in [0.15, 0.2) is 42.6 Å². The summed E-state index contributed by atoms with van der Waals surface area (Å²) in [5.74, 6) is 0.0931. The quantitative estimate of drug-likeness (QED) is 0.628. The van der Waals surface area contributed by atoms with Crippen molar-refractivity contribution in [2.75, 3.05) is 19.5 Å². The topological polar surface area (TPSA) is 80.4 Å². The van der Waals surface area contributed by atoms with Crippen molar-refractivity contribution in [3.8, 4) is 5.75 Å². The number of hydrogen-bond acceptors (Lipinski definition) is 4. The van der Waals surface area contributed by atoms with E-state index in [1.807, 2.05) is 24.4 Å². The van der Waals surface area contributed by atoms with E-state index >= 15 is 0 Å². The smallest absolute Gasteiger partial charge is 0.337 e. The first-order valence-electron chi connectivity index (χ1n) is 8.83. The van der Waals surface area contributed by atoms with E-state index in [1.54, 1.807) is 19.2 Å². The van der Waals surface area contributed by atoms with Crippen LogP contribution in [-0.4, -0.2) is 31.1 Å². The summed E-state index contributed by atoms with van der Waals surface area (Å²) in [6.07, 6.45) is 3.35. The Hall–Kier alpha value is -2.99. The van der Waals surface area contributed by atoms with Gasteiger partial charge in [0.1, 0.15) is 5.75 Å². The number of halogens is 1. The van der Waals surface area contributed by atoms with Gasteiger partial charge in [-0.05, 0) is 54.8 Å². The van der Waals surface area contributed by atoms with Crippen LogP contribution in [0, 0.1) is 0 Å². The molecule has 0 bridgehead atoms. The number of amides is 1. The number of aromatic nitrogens is 1. The van der Waals surface area contributed by atoms with Crippen LogP contribution in [0.4, 0.5) is 5.69 Å². The van der Waals surface area contributed by atoms with Crippen molar-refractivity contribution < 1.29 is 19.1 Å². The van der Waals surface area contributed by atoms with Crippen LogP contribution in [-0.2, 0) is 14.9 Å². The van der Waals surface area contributed by atoms with Gasteiger partial charge in [-0.2, -0.15) is 0 Å². The fourth-order valence-electron chi connectivity index (χ4n) is 3.47. The van der Waals surface area contributed by atoms with E-state index in [1.165, 1.54) is 13.2 Å². The first-order valence-corrected chi connectivity index (χ1v) is 9.21. The van der Waals surface area contributed by atoms with E-state index in [0.717, 1.165) is 35.1 Å². The Labute approximate surface area is 166 Å². The predicted molar refractivity (Wildman–Crippen MR) is 107 cm³/mol. The van der Waals surface area contributed by atoms with Gasteiger partial charge in [0.15, 0.2) is 0 Å². The van der Waals surface area contributed by atoms with E-state index in [0.29, 0.717) is 16.3 Å². The van der Waals surface area contributed by atoms with Gasteiger partial charge in [-0.15, -0.1) is 0 Å². The van der Waals surface area contributed by atoms with Crippen LogP contribution >= 0.6 is 11.6 Å². The summed E-state index contributed by atoms with van der Waals surface area (Å²) in [4.78, 5) is 28.2. The summed E-state index contributed by atoms with van der Waals surface area (Å²) in [5, 5.41) is 4.21. The highest BCUT2D eigenvalue weighted by molar-refractivity contribution is 6.34. The Morgan fingerprint density at radius 2 is 1.93 bits per heavy atom. The number of carbonyl (C=O) groups is 2. The van der Waals surface area contributed by atoms with Gasteiger partial charge in [-0.25, -0.2) is 4.79 Å². The van der Waals surface area contributed by atoms with Crippen LogP contribution in [0.1, 0.15) is 28.8 Å². The van der Waals surface area contributed by atoms with Crippen LogP contribution in [0.3, 0.4) is 0 Å². The van der Waals surface area contributed by atoms with E-state index in [9.17, 15) is 9.59 Å². The second kappa shape index (κ2) is 6.87. The van der Waals surface area contributed by atoms with Crippen molar-refractivity contribution in [1.82, 2.24) is 4.98 Å². The number of aromatic amines is 1. The highest BCUT2D eigenvalue weighted by Gasteiger charge is 2.52. The molecule has 0 radical (unpaired) electrons. The Kier molecular flexibility index (Phi) is 4.51. The van der Waals surface area contributed by atoms with E-state index in [4.69, 9.17) is 21.1 Å². The van der Waals surface area contributed by atoms with Gasteiger partial charge < -0.3 is 19.8 Å². The molecule has 1 fully saturated rings. The number of benzene rings is 2. The standard InChI is InChI=1S/C21H19ClN2O4/c1-27-13-4-6-17-14(10-13)15(11-23-17)21(7-8-21)20(26)24-18-9-12(19(25)28-2)3-5-16(18)22/h3-6,9-11,23H,7-8H2,1-2H3,(H,24,26). The van der Waals surface area contributed by atoms with Gasteiger partial charge in [-0.1, -0.05) is 11.6 Å². The molecular weight excluding hydrogens is 380 g/mol. The average Bonchev–Trinajstić information content (AvgIpc) is 3.41. The van der Waals surface area contributed by atoms with Gasteiger partial charge >= 0.3 is 5.97 Å². The molecule has 0 atom stereocenters. The van der Waals surface area contributed by atoms with Gasteiger partial charge in [0.05, 0.1) is 35.9 Å². The molecule has 0 saturated heterocycles. The molecule has 7 heteroatoms. The summed E-state index contributed by atoms with van der Waals surface area (Å²) in [5.41, 5.74) is 1.96. The lowest BCUT2D eigenvalue weighted by Crippen LogP contribution is -2.28. The zero-order valence-corrected chi connectivity index (χ0v) is 16.2. The first-order chi connectivity index (χ1) is 13.5. The number of carbonyl (C=O) groups excluding carboxylic acids is 2. The third-order valence-electron chi connectivity index (χ3n) is 5.22. The molecule has 1 aromatic heterocycles. The Morgan fingerprint density at radius 1 is 1.14 bits per heavy atom. The van der Waals surface area contributed by atoms with Crippen molar-refractivity contribution in [3.63, 3.8) is 0 Å². The SMILES string of the molecule is COC(=O)c1ccc(Cl)c(NC(=O)C2(c3c[nH]c4ccc(OC)cc34)CC2)c1. The molecule has 1 aliphatic rings. The van der Waals surface area contributed by atoms with Crippen molar-refractivity contribution in [2.45, 2.75) is 18.3 Å². The van der Waals surface area contributed by atoms with Gasteiger partial charge in [0, 0.05) is 17.1 Å². The van der Waals surface area contributed by atoms with Crippen LogP contribution < -0.4 is 10.1 Å². The highest BCUT2D eigenvalue weighted by Crippen LogP contribution is 2.51. The van der Waals surface area contributed by atoms with Crippen molar-refractivity contribution in [2.24, 2.45) is 0 Å². The van der Waals surface area contributed by atoms with Crippen LogP contribution in [0.25, 0.3) is 10.9 Å². The first kappa shape index (κ1) is 18.4. The third kappa shape index (κ3) is 2.99.